The highest BCUT2D eigenvalue weighted by atomic mass is 16.8. The van der Waals surface area contributed by atoms with E-state index in [2.05, 4.69) is 20.8 Å². The summed E-state index contributed by atoms with van der Waals surface area (Å²) >= 11 is 0. The van der Waals surface area contributed by atoms with Crippen molar-refractivity contribution in [2.24, 2.45) is 41.2 Å². The number of hydrogen-bond acceptors (Lipinski definition) is 41. The van der Waals surface area contributed by atoms with E-state index in [1.54, 1.807) is 72.5 Å². The molecule has 8 saturated heterocycles. The highest BCUT2D eigenvalue weighted by Crippen LogP contribution is 2.45. The Bertz CT molecular complexity index is 5080. The van der Waals surface area contributed by atoms with E-state index in [4.69, 9.17) is 110 Å². The summed E-state index contributed by atoms with van der Waals surface area (Å²) in [6.45, 7) is 9.67. The molecule has 0 radical (unpaired) electrons. The molecule has 40 atom stereocenters. The quantitative estimate of drug-likeness (QED) is 0.0193. The van der Waals surface area contributed by atoms with Gasteiger partial charge in [0.1, 0.15) is 129 Å². The van der Waals surface area contributed by atoms with E-state index in [0.717, 1.165) is 27.8 Å². The molecule has 0 aromatic heterocycles. The first-order valence-corrected chi connectivity index (χ1v) is 50.8. The van der Waals surface area contributed by atoms with E-state index in [0.29, 0.717) is 13.2 Å². The molecule has 8 aliphatic rings. The van der Waals surface area contributed by atoms with E-state index < -0.39 is 272 Å². The summed E-state index contributed by atoms with van der Waals surface area (Å²) in [4.78, 5) is 43.9. The van der Waals surface area contributed by atoms with Gasteiger partial charge in [-0.15, -0.1) is 0 Å². The number of nitrogens with two attached hydrogens (primary N) is 1. The van der Waals surface area contributed by atoms with Gasteiger partial charge in [0.25, 0.3) is 0 Å². The van der Waals surface area contributed by atoms with Gasteiger partial charge >= 0.3 is 18.0 Å². The lowest BCUT2D eigenvalue weighted by molar-refractivity contribution is -0.388. The summed E-state index contributed by atoms with van der Waals surface area (Å²) < 4.78 is 138. The van der Waals surface area contributed by atoms with Crippen LogP contribution in [0.5, 0.6) is 0 Å². The Kier molecular flexibility index (Phi) is 44.5. The fraction of sp³-hybridized carbons (Fsp3) is 0.583. The molecule has 826 valence electrons. The van der Waals surface area contributed by atoms with Crippen LogP contribution in [0.25, 0.3) is 0 Å². The van der Waals surface area contributed by atoms with Gasteiger partial charge in [-0.1, -0.05) is 230 Å². The predicted octanol–water partition coefficient (Wildman–Crippen LogP) is 2.40. The van der Waals surface area contributed by atoms with Gasteiger partial charge in [0.15, 0.2) is 62.5 Å². The predicted molar refractivity (Wildman–Crippen MR) is 523 cm³/mol. The third-order valence-corrected chi connectivity index (χ3v) is 28.5. The van der Waals surface area contributed by atoms with Crippen LogP contribution in [0.4, 0.5) is 4.79 Å². The van der Waals surface area contributed by atoms with Gasteiger partial charge in [-0.05, 0) is 63.9 Å². The molecule has 0 bridgehead atoms. The molecule has 150 heavy (non-hydrogen) atoms. The summed E-state index contributed by atoms with van der Waals surface area (Å²) in [5, 5.41) is 156. The monoisotopic (exact) mass is 2110 g/mol. The number of ether oxygens (including phenoxy) is 22. The van der Waals surface area contributed by atoms with Crippen LogP contribution in [-0.4, -0.2) is 388 Å². The average molecular weight is 2110 g/mol. The maximum Gasteiger partial charge on any atom is 0.410 e. The lowest BCUT2D eigenvalue weighted by atomic mass is 9.82. The molecule has 42 heteroatoms. The van der Waals surface area contributed by atoms with Gasteiger partial charge in [-0.25, -0.2) is 14.4 Å². The summed E-state index contributed by atoms with van der Waals surface area (Å²) in [6.07, 6.45) is -48.7. The Morgan fingerprint density at radius 2 is 0.580 bits per heavy atom. The molecule has 16 unspecified atom stereocenters. The minimum atomic E-state index is -2.02. The summed E-state index contributed by atoms with van der Waals surface area (Å²) in [7, 11) is 0. The Morgan fingerprint density at radius 3 is 0.987 bits per heavy atom. The molecule has 8 heterocycles. The fourth-order valence-corrected chi connectivity index (χ4v) is 19.4. The van der Waals surface area contributed by atoms with Gasteiger partial charge in [0.05, 0.1) is 121 Å². The third kappa shape index (κ3) is 30.0. The standard InChI is InChI=1S/C82H97NO19.C26H47NO21/c1-53-55(3)78(92-43-42-83(44-59-28-14-7-15-29-59)82(88)93-49-63-36-22-11-23-37-63)95-67(50-89-46-60-30-16-8-17-31-60)71(53)100-79-56(4)54(2)72(68(96-79)51-90-47-61-32-18-9-19-33-61)101-81-75(99-77(87)65-40-26-13-27-41-65)58(6)73(69(97-81)52-91-48-62-34-20-10-21-35-62)102-80-74(57(5)70(85)66(45-84)94-80)98-76(86)64-38-24-12-25-39-64;27-1-2-41-23-17(38)13(34)20(8(4-29)43-23)47-25-19(40)15(36)22(10(6-31)45-25)48-26-18(39)14(35)21(9(5-30)44-26)46-24-16(37)12(33)11(32)7(3-28)42-24/h7-41,53-58,66-75,78-81,84-85H,42-52H2,1-6H3;7-26,28-40H,1-6,27H2/t53-,54-,55?,56?,57+,58+,66?,67?,68?,69?,70+,71-,72+,73+,74?,75?,78+,79-,80+,81+;7?,8?,9?,10?,11-,12+,13-,14-,15-,16?,17?,18?,19?,20+,21-,22-,23+,24+,25-,26+/m11/s1. The van der Waals surface area contributed by atoms with E-state index in [1.165, 1.54) is 0 Å². The topological polar surface area (TPSA) is 587 Å². The van der Waals surface area contributed by atoms with Crippen molar-refractivity contribution in [3.63, 3.8) is 0 Å². The van der Waals surface area contributed by atoms with E-state index in [1.807, 2.05) is 166 Å². The molecule has 0 spiro atoms. The molecule has 1 amide bonds. The maximum absolute atomic E-state index is 14.6. The van der Waals surface area contributed by atoms with Gasteiger partial charge < -0.3 is 191 Å². The zero-order valence-corrected chi connectivity index (χ0v) is 84.3. The maximum atomic E-state index is 14.6. The van der Waals surface area contributed by atoms with Gasteiger partial charge in [-0.2, -0.15) is 0 Å². The van der Waals surface area contributed by atoms with Gasteiger partial charge in [0, 0.05) is 43.3 Å². The number of amides is 1. The Balaban J connectivity index is 0.000000308. The van der Waals surface area contributed by atoms with Crippen molar-refractivity contribution in [3.8, 4) is 0 Å². The molecule has 8 aliphatic heterocycles. The van der Waals surface area contributed by atoms with Crippen LogP contribution >= 0.6 is 0 Å². The zero-order valence-electron chi connectivity index (χ0n) is 84.3. The average Bonchev–Trinajstić information content (AvgIpc) is 0.765. The van der Waals surface area contributed by atoms with E-state index >= 15 is 0 Å². The molecule has 8 fully saturated rings. The molecule has 0 aliphatic carbocycles. The van der Waals surface area contributed by atoms with Crippen LogP contribution in [-0.2, 0) is 137 Å². The molecule has 0 saturated carbocycles. The number of aliphatic hydroxyl groups is 15. The second-order valence-corrected chi connectivity index (χ2v) is 38.9. The van der Waals surface area contributed by atoms with Crippen LogP contribution in [0.3, 0.4) is 0 Å². The zero-order chi connectivity index (χ0) is 107. The second kappa shape index (κ2) is 57.2. The van der Waals surface area contributed by atoms with Gasteiger partial charge in [-0.3, -0.25) is 0 Å². The van der Waals surface area contributed by atoms with Crippen LogP contribution in [0.15, 0.2) is 212 Å². The molecule has 17 N–H and O–H groups in total. The number of esters is 2. The Morgan fingerprint density at radius 1 is 0.280 bits per heavy atom. The number of aliphatic hydroxyl groups excluding tert-OH is 15. The van der Waals surface area contributed by atoms with Crippen molar-refractivity contribution in [2.45, 2.75) is 284 Å². The third-order valence-electron chi connectivity index (χ3n) is 28.5. The van der Waals surface area contributed by atoms with Crippen LogP contribution in [0.1, 0.15) is 90.1 Å². The number of benzene rings is 7. The minimum Gasteiger partial charge on any atom is -0.453 e. The Hall–Kier alpha value is -8.65. The van der Waals surface area contributed by atoms with Crippen LogP contribution in [0, 0.1) is 35.5 Å². The number of hydrogen-bond donors (Lipinski definition) is 16. The highest BCUT2D eigenvalue weighted by molar-refractivity contribution is 5.90. The van der Waals surface area contributed by atoms with Crippen molar-refractivity contribution < 1.29 is 195 Å². The first kappa shape index (κ1) is 117. The van der Waals surface area contributed by atoms with Crippen molar-refractivity contribution in [3.05, 3.63) is 251 Å². The molecular weight excluding hydrogens is 1970 g/mol. The first-order valence-electron chi connectivity index (χ1n) is 50.8. The van der Waals surface area contributed by atoms with Crippen LogP contribution < -0.4 is 5.73 Å². The number of nitrogens with zero attached hydrogens (tertiary/aromatic N) is 1. The number of rotatable bonds is 44. The minimum absolute atomic E-state index is 0.0362. The number of carbonyl (C=O) groups is 3. The van der Waals surface area contributed by atoms with Crippen molar-refractivity contribution in [2.75, 3.05) is 79.2 Å². The highest BCUT2D eigenvalue weighted by Gasteiger charge is 2.59. The van der Waals surface area contributed by atoms with E-state index in [-0.39, 0.29) is 101 Å². The van der Waals surface area contributed by atoms with Crippen molar-refractivity contribution in [1.82, 2.24) is 4.90 Å². The summed E-state index contributed by atoms with van der Waals surface area (Å²) in [5.41, 5.74) is 10.6. The largest absolute Gasteiger partial charge is 0.453 e. The van der Waals surface area contributed by atoms with Crippen molar-refractivity contribution >= 4 is 18.0 Å². The molecule has 7 aromatic carbocycles. The molecular formula is C108H144N2O40. The smallest absolute Gasteiger partial charge is 0.410 e. The molecule has 15 rings (SSSR count). The van der Waals surface area contributed by atoms with Gasteiger partial charge in [0.2, 0.25) is 0 Å². The van der Waals surface area contributed by atoms with Crippen molar-refractivity contribution in [1.29, 1.82) is 0 Å². The SMILES string of the molecule is CC1[C@@H](O[C@H]2C(COCc3ccccc3)O[C@H](OCCN(Cc3ccccc3)C(=O)OCc3ccccc3)C(C)[C@H]2C)OC(COCc2ccccc2)[C@@H](O[C@@H]2OC(COCc3ccccc3)[C@@H](O[C@@H]3OC(CO)[C@@H](O)[C@H](C)C3OC(=O)c3ccccc3)[C@H](C)C2OC(=O)c2ccccc2)[C@@H]1C.NCCO[C@H]1OC(CO)[C@H](O[C@H]2OC(CO)[C@@H](O[C@@H]3OC(CO)[C@@H](O[C@@H]4OC(CO)[C@@H](O)[C@H](O)C4O)[C@H](O)C3O)[C@H](O)C2O)[C@H](O)C1O. The van der Waals surface area contributed by atoms with Crippen LogP contribution in [0.2, 0.25) is 0 Å². The second-order valence-electron chi connectivity index (χ2n) is 38.9. The first-order chi connectivity index (χ1) is 72.5. The molecule has 42 nitrogen and oxygen atoms in total. The Labute approximate surface area is 869 Å². The fourth-order valence-electron chi connectivity index (χ4n) is 19.4. The number of carbonyl (C=O) groups excluding carboxylic acids is 3. The lowest BCUT2D eigenvalue weighted by Gasteiger charge is -2.51. The summed E-state index contributed by atoms with van der Waals surface area (Å²) in [5.74, 6) is -4.07. The molecule has 7 aromatic rings. The summed E-state index contributed by atoms with van der Waals surface area (Å²) in [6, 6.07) is 65.8. The lowest BCUT2D eigenvalue weighted by Crippen LogP contribution is -2.67. The van der Waals surface area contributed by atoms with E-state index in [9.17, 15) is 91.0 Å². The normalized spacial score (nSPS) is 36.1.